The Balaban J connectivity index is 1.37. The zero-order valence-electron chi connectivity index (χ0n) is 20.1. The van der Waals surface area contributed by atoms with Crippen LogP contribution in [0.25, 0.3) is 11.1 Å². The molecule has 2 aromatic carbocycles. The highest BCUT2D eigenvalue weighted by molar-refractivity contribution is 5.84. The Kier molecular flexibility index (Phi) is 5.52. The highest BCUT2D eigenvalue weighted by atomic mass is 16.3. The van der Waals surface area contributed by atoms with Gasteiger partial charge in [-0.1, -0.05) is 54.6 Å². The molecule has 2 aliphatic heterocycles. The van der Waals surface area contributed by atoms with E-state index in [2.05, 4.69) is 17.4 Å². The Labute approximate surface area is 209 Å². The molecular formula is C29H29N3O4. The molecule has 3 aromatic rings. The van der Waals surface area contributed by atoms with Crippen LogP contribution < -0.4 is 10.9 Å². The van der Waals surface area contributed by atoms with Crippen LogP contribution in [0.4, 0.5) is 0 Å². The SMILES string of the molecule is CC(=O)N1[C@@H]2c3ccc(-c4ccccc4)c(=O)n3C[C@H]1[C@H](CO)[C@H]2C(=O)NC1Cc2ccccc2C1. The van der Waals surface area contributed by atoms with Gasteiger partial charge in [0.25, 0.3) is 5.56 Å². The van der Waals surface area contributed by atoms with Gasteiger partial charge in [0.2, 0.25) is 11.8 Å². The molecule has 7 heteroatoms. The fraction of sp³-hybridized carbons (Fsp3) is 0.345. The zero-order valence-corrected chi connectivity index (χ0v) is 20.1. The maximum absolute atomic E-state index is 13.8. The second-order valence-corrected chi connectivity index (χ2v) is 10.1. The number of aromatic nitrogens is 1. The summed E-state index contributed by atoms with van der Waals surface area (Å²) in [6, 6.07) is 20.3. The molecule has 36 heavy (non-hydrogen) atoms. The monoisotopic (exact) mass is 483 g/mol. The fourth-order valence-corrected chi connectivity index (χ4v) is 6.63. The molecule has 1 aliphatic carbocycles. The summed E-state index contributed by atoms with van der Waals surface area (Å²) in [6.07, 6.45) is 1.53. The van der Waals surface area contributed by atoms with Crippen molar-refractivity contribution in [1.29, 1.82) is 0 Å². The van der Waals surface area contributed by atoms with Gasteiger partial charge in [0.15, 0.2) is 0 Å². The molecule has 2 N–H and O–H groups in total. The van der Waals surface area contributed by atoms with Crippen LogP contribution in [0.2, 0.25) is 0 Å². The number of aliphatic hydroxyl groups is 1. The minimum Gasteiger partial charge on any atom is -0.396 e. The number of nitrogens with one attached hydrogen (secondary N) is 1. The van der Waals surface area contributed by atoms with Gasteiger partial charge in [-0.2, -0.15) is 0 Å². The van der Waals surface area contributed by atoms with Crippen molar-refractivity contribution in [2.24, 2.45) is 11.8 Å². The van der Waals surface area contributed by atoms with Gasteiger partial charge in [0.1, 0.15) is 0 Å². The Hall–Kier alpha value is -3.71. The topological polar surface area (TPSA) is 91.6 Å². The lowest BCUT2D eigenvalue weighted by molar-refractivity contribution is -0.134. The average Bonchev–Trinajstić information content (AvgIpc) is 3.40. The second-order valence-electron chi connectivity index (χ2n) is 10.1. The number of hydrogen-bond acceptors (Lipinski definition) is 4. The van der Waals surface area contributed by atoms with Crippen molar-refractivity contribution < 1.29 is 14.7 Å². The van der Waals surface area contributed by atoms with Crippen LogP contribution in [0.15, 0.2) is 71.5 Å². The van der Waals surface area contributed by atoms with E-state index in [0.29, 0.717) is 11.3 Å². The van der Waals surface area contributed by atoms with Gasteiger partial charge in [-0.25, -0.2) is 0 Å². The molecule has 7 nitrogen and oxygen atoms in total. The summed E-state index contributed by atoms with van der Waals surface area (Å²) in [5.41, 5.74) is 4.40. The van der Waals surface area contributed by atoms with E-state index in [1.165, 1.54) is 18.1 Å². The molecule has 0 spiro atoms. The maximum atomic E-state index is 13.8. The van der Waals surface area contributed by atoms with Crippen molar-refractivity contribution in [2.45, 2.75) is 44.4 Å². The first-order valence-electron chi connectivity index (χ1n) is 12.5. The van der Waals surface area contributed by atoms with Gasteiger partial charge < -0.3 is 19.9 Å². The molecular weight excluding hydrogens is 454 g/mol. The molecule has 3 heterocycles. The number of carbonyl (C=O) groups is 2. The summed E-state index contributed by atoms with van der Waals surface area (Å²) in [5.74, 6) is -1.41. The van der Waals surface area contributed by atoms with Crippen molar-refractivity contribution in [1.82, 2.24) is 14.8 Å². The number of pyridine rings is 1. The van der Waals surface area contributed by atoms with Gasteiger partial charge in [-0.15, -0.1) is 0 Å². The van der Waals surface area contributed by atoms with E-state index >= 15 is 0 Å². The number of rotatable bonds is 4. The van der Waals surface area contributed by atoms with E-state index in [9.17, 15) is 19.5 Å². The van der Waals surface area contributed by atoms with Crippen LogP contribution >= 0.6 is 0 Å². The second kappa shape index (κ2) is 8.75. The summed E-state index contributed by atoms with van der Waals surface area (Å²) in [5, 5.41) is 13.6. The standard InChI is InChI=1S/C29H29N3O4/c1-17(34)32-25-15-31-24(12-11-22(29(31)36)18-7-3-2-4-8-18)27(32)26(23(25)16-33)28(35)30-21-13-19-9-5-6-10-20(19)14-21/h2-12,21,23,25-27,33H,13-16H2,1H3,(H,30,35)/t23-,25-,26+,27+/m0/s1. The molecule has 1 fully saturated rings. The Morgan fingerprint density at radius 3 is 2.28 bits per heavy atom. The van der Waals surface area contributed by atoms with Crippen LogP contribution in [0.5, 0.6) is 0 Å². The number of nitrogens with zero attached hydrogens (tertiary/aromatic N) is 2. The van der Waals surface area contributed by atoms with E-state index in [0.717, 1.165) is 18.4 Å². The van der Waals surface area contributed by atoms with Crippen LogP contribution in [0, 0.1) is 11.8 Å². The molecule has 0 unspecified atom stereocenters. The van der Waals surface area contributed by atoms with Gasteiger partial charge in [0.05, 0.1) is 18.0 Å². The molecule has 1 aromatic heterocycles. The van der Waals surface area contributed by atoms with Gasteiger partial charge >= 0.3 is 0 Å². The predicted octanol–water partition coefficient (Wildman–Crippen LogP) is 2.31. The molecule has 1 saturated heterocycles. The van der Waals surface area contributed by atoms with E-state index in [1.54, 1.807) is 15.5 Å². The van der Waals surface area contributed by atoms with Crippen molar-refractivity contribution >= 4 is 11.8 Å². The van der Waals surface area contributed by atoms with Gasteiger partial charge in [-0.05, 0) is 41.7 Å². The third-order valence-electron chi connectivity index (χ3n) is 8.19. The average molecular weight is 484 g/mol. The Bertz CT molecular complexity index is 1370. The molecule has 0 radical (unpaired) electrons. The highest BCUT2D eigenvalue weighted by Gasteiger charge is 2.57. The number of hydrogen-bond donors (Lipinski definition) is 2. The third kappa shape index (κ3) is 3.49. The predicted molar refractivity (Wildman–Crippen MR) is 135 cm³/mol. The minimum atomic E-state index is -0.636. The van der Waals surface area contributed by atoms with E-state index in [4.69, 9.17) is 0 Å². The summed E-state index contributed by atoms with van der Waals surface area (Å²) >= 11 is 0. The summed E-state index contributed by atoms with van der Waals surface area (Å²) in [7, 11) is 0. The molecule has 3 aliphatic rings. The van der Waals surface area contributed by atoms with Gasteiger partial charge in [-0.3, -0.25) is 14.4 Å². The summed E-state index contributed by atoms with van der Waals surface area (Å²) in [6.45, 7) is 1.52. The largest absolute Gasteiger partial charge is 0.396 e. The highest BCUT2D eigenvalue weighted by Crippen LogP contribution is 2.48. The first-order chi connectivity index (χ1) is 17.5. The number of amides is 2. The fourth-order valence-electron chi connectivity index (χ4n) is 6.63. The van der Waals surface area contributed by atoms with Crippen LogP contribution in [0.1, 0.15) is 29.8 Å². The molecule has 4 atom stereocenters. The van der Waals surface area contributed by atoms with E-state index < -0.39 is 23.9 Å². The summed E-state index contributed by atoms with van der Waals surface area (Å²) in [4.78, 5) is 41.9. The third-order valence-corrected chi connectivity index (χ3v) is 8.19. The molecule has 2 bridgehead atoms. The summed E-state index contributed by atoms with van der Waals surface area (Å²) < 4.78 is 1.71. The Morgan fingerprint density at radius 1 is 0.972 bits per heavy atom. The van der Waals surface area contributed by atoms with Gasteiger partial charge in [0, 0.05) is 43.3 Å². The molecule has 2 amide bonds. The first-order valence-corrected chi connectivity index (χ1v) is 12.5. The van der Waals surface area contributed by atoms with Crippen molar-refractivity contribution in [2.75, 3.05) is 6.61 Å². The molecule has 184 valence electrons. The smallest absolute Gasteiger partial charge is 0.258 e. The van der Waals surface area contributed by atoms with E-state index in [1.807, 2.05) is 48.5 Å². The quantitative estimate of drug-likeness (QED) is 0.596. The van der Waals surface area contributed by atoms with Crippen LogP contribution in [-0.2, 0) is 29.0 Å². The number of fused-ring (bicyclic) bond motifs is 5. The van der Waals surface area contributed by atoms with Crippen molar-refractivity contribution in [3.63, 3.8) is 0 Å². The zero-order chi connectivity index (χ0) is 25.0. The number of benzene rings is 2. The first kappa shape index (κ1) is 22.7. The van der Waals surface area contributed by atoms with Crippen LogP contribution in [0.3, 0.4) is 0 Å². The van der Waals surface area contributed by atoms with E-state index in [-0.39, 0.29) is 36.6 Å². The van der Waals surface area contributed by atoms with Crippen molar-refractivity contribution in [3.8, 4) is 11.1 Å². The number of aliphatic hydroxyl groups excluding tert-OH is 1. The molecule has 0 saturated carbocycles. The lowest BCUT2D eigenvalue weighted by Gasteiger charge is -2.37. The molecule has 6 rings (SSSR count). The van der Waals surface area contributed by atoms with Crippen molar-refractivity contribution in [3.05, 3.63) is 93.9 Å². The minimum absolute atomic E-state index is 0.0249. The number of carbonyl (C=O) groups excluding carboxylic acids is 2. The maximum Gasteiger partial charge on any atom is 0.258 e. The Morgan fingerprint density at radius 2 is 1.64 bits per heavy atom. The van der Waals surface area contributed by atoms with Crippen LogP contribution in [-0.4, -0.2) is 45.1 Å². The lowest BCUT2D eigenvalue weighted by atomic mass is 9.86. The lowest BCUT2D eigenvalue weighted by Crippen LogP contribution is -2.48. The normalized spacial score (nSPS) is 24.3.